The van der Waals surface area contributed by atoms with Crippen molar-refractivity contribution in [2.75, 3.05) is 0 Å². The zero-order valence-electron chi connectivity index (χ0n) is 16.8. The van der Waals surface area contributed by atoms with Gasteiger partial charge in [0.25, 0.3) is 5.89 Å². The van der Waals surface area contributed by atoms with Crippen molar-refractivity contribution in [3.8, 4) is 28.7 Å². The van der Waals surface area contributed by atoms with Crippen molar-refractivity contribution in [1.29, 1.82) is 0 Å². The molecule has 12 heteroatoms. The topological polar surface area (TPSA) is 122 Å². The molecule has 5 aromatic rings. The molecule has 0 aliphatic heterocycles. The quantitative estimate of drug-likeness (QED) is 0.380. The Balaban J connectivity index is 1.36. The second kappa shape index (κ2) is 8.34. The highest BCUT2D eigenvalue weighted by Gasteiger charge is 2.19. The van der Waals surface area contributed by atoms with E-state index in [9.17, 15) is 4.39 Å². The number of ether oxygens (including phenoxy) is 1. The van der Waals surface area contributed by atoms with Crippen LogP contribution < -0.4 is 4.74 Å². The summed E-state index contributed by atoms with van der Waals surface area (Å²) in [6.07, 6.45) is 4.27. The highest BCUT2D eigenvalue weighted by Crippen LogP contribution is 2.26. The van der Waals surface area contributed by atoms with Crippen molar-refractivity contribution < 1.29 is 13.7 Å². The van der Waals surface area contributed by atoms with Crippen molar-refractivity contribution in [3.05, 3.63) is 72.2 Å². The van der Waals surface area contributed by atoms with Crippen LogP contribution in [-0.4, -0.2) is 45.1 Å². The molecule has 0 amide bonds. The molecule has 0 N–H and O–H groups in total. The molecule has 4 aromatic heterocycles. The molecule has 11 nitrogen and oxygen atoms in total. The Morgan fingerprint density at radius 2 is 2.09 bits per heavy atom. The zero-order chi connectivity index (χ0) is 21.9. The van der Waals surface area contributed by atoms with E-state index in [1.807, 2.05) is 24.3 Å². The van der Waals surface area contributed by atoms with Crippen LogP contribution in [0, 0.1) is 5.82 Å². The minimum atomic E-state index is -0.431. The van der Waals surface area contributed by atoms with Crippen LogP contribution >= 0.6 is 0 Å². The van der Waals surface area contributed by atoms with Gasteiger partial charge in [-0.3, -0.25) is 4.68 Å². The van der Waals surface area contributed by atoms with E-state index in [1.54, 1.807) is 28.9 Å². The second-order valence-electron chi connectivity index (χ2n) is 6.86. The summed E-state index contributed by atoms with van der Waals surface area (Å²) in [6.45, 7) is 0.663. The lowest BCUT2D eigenvalue weighted by Gasteiger charge is -2.06. The van der Waals surface area contributed by atoms with Crippen LogP contribution in [-0.2, 0) is 20.2 Å². The summed E-state index contributed by atoms with van der Waals surface area (Å²) in [7, 11) is 1.78. The molecular weight excluding hydrogens is 417 g/mol. The van der Waals surface area contributed by atoms with Gasteiger partial charge in [-0.25, -0.2) is 14.1 Å². The van der Waals surface area contributed by atoms with Crippen molar-refractivity contribution in [2.45, 2.75) is 13.2 Å². The van der Waals surface area contributed by atoms with Crippen molar-refractivity contribution in [2.24, 2.45) is 7.05 Å². The van der Waals surface area contributed by atoms with Crippen LogP contribution in [0.4, 0.5) is 4.39 Å². The normalized spacial score (nSPS) is 11.1. The Labute approximate surface area is 180 Å². The molecule has 1 aromatic carbocycles. The molecule has 160 valence electrons. The monoisotopic (exact) mass is 433 g/mol. The smallest absolute Gasteiger partial charge is 0.261 e. The third kappa shape index (κ3) is 4.05. The number of pyridine rings is 1. The first kappa shape index (κ1) is 19.5. The molecule has 0 spiro atoms. The molecule has 5 rings (SSSR count). The van der Waals surface area contributed by atoms with E-state index in [2.05, 4.69) is 35.7 Å². The average molecular weight is 433 g/mol. The fourth-order valence-corrected chi connectivity index (χ4v) is 3.10. The minimum Gasteiger partial charge on any atom is -0.471 e. The molecule has 0 aliphatic carbocycles. The number of hydrogen-bond acceptors (Lipinski definition) is 9. The van der Waals surface area contributed by atoms with Gasteiger partial charge < -0.3 is 9.26 Å². The minimum absolute atomic E-state index is 0.142. The Hall–Kier alpha value is -4.48. The lowest BCUT2D eigenvalue weighted by molar-refractivity contribution is 0.282. The van der Waals surface area contributed by atoms with Gasteiger partial charge in [-0.1, -0.05) is 23.4 Å². The average Bonchev–Trinajstić information content (AvgIpc) is 3.55. The first-order valence-electron chi connectivity index (χ1n) is 9.55. The maximum Gasteiger partial charge on any atom is 0.261 e. The molecule has 0 radical (unpaired) electrons. The Kier molecular flexibility index (Phi) is 5.07. The van der Waals surface area contributed by atoms with Crippen LogP contribution in [0.1, 0.15) is 11.3 Å². The summed E-state index contributed by atoms with van der Waals surface area (Å²) >= 11 is 0. The fraction of sp³-hybridized carbons (Fsp3) is 0.150. The molecular formula is C20H16FN9O2. The van der Waals surface area contributed by atoms with Crippen LogP contribution in [0.2, 0.25) is 0 Å². The molecule has 0 aliphatic rings. The Bertz CT molecular complexity index is 1330. The second-order valence-corrected chi connectivity index (χ2v) is 6.86. The summed E-state index contributed by atoms with van der Waals surface area (Å²) in [5, 5.41) is 19.5. The number of tetrazole rings is 1. The first-order chi connectivity index (χ1) is 15.7. The molecule has 0 unspecified atom stereocenters. The number of aryl methyl sites for hydroxylation is 1. The van der Waals surface area contributed by atoms with Crippen LogP contribution in [0.25, 0.3) is 22.8 Å². The molecule has 0 bridgehead atoms. The Morgan fingerprint density at radius 1 is 1.16 bits per heavy atom. The molecule has 0 atom stereocenters. The van der Waals surface area contributed by atoms with Gasteiger partial charge >= 0.3 is 0 Å². The van der Waals surface area contributed by atoms with Gasteiger partial charge in [-0.05, 0) is 28.1 Å². The van der Waals surface area contributed by atoms with Crippen LogP contribution in [0.5, 0.6) is 5.88 Å². The lowest BCUT2D eigenvalue weighted by atomic mass is 10.1. The van der Waals surface area contributed by atoms with Crippen molar-refractivity contribution in [3.63, 3.8) is 0 Å². The third-order valence-electron chi connectivity index (χ3n) is 4.70. The number of hydrogen-bond donors (Lipinski definition) is 0. The maximum atomic E-state index is 13.0. The lowest BCUT2D eigenvalue weighted by Crippen LogP contribution is -2.05. The highest BCUT2D eigenvalue weighted by molar-refractivity contribution is 5.61. The van der Waals surface area contributed by atoms with Gasteiger partial charge in [0.05, 0.1) is 30.2 Å². The van der Waals surface area contributed by atoms with E-state index in [0.717, 1.165) is 17.3 Å². The SMILES string of the molecule is Cn1ncc(-c2nc(-c3cccc(Cn4cnnn4)c3)no2)c1COc1ccc(F)cn1. The number of halogens is 1. The largest absolute Gasteiger partial charge is 0.471 e. The standard InChI is InChI=1S/C20H16FN9O2/c1-29-17(11-31-18-6-5-15(21)8-22-18)16(9-24-29)20-25-19(26-32-20)14-4-2-3-13(7-14)10-30-12-23-27-28-30/h2-9,12H,10-11H2,1H3. The Morgan fingerprint density at radius 3 is 2.91 bits per heavy atom. The molecule has 0 saturated carbocycles. The number of nitrogens with zero attached hydrogens (tertiary/aromatic N) is 9. The third-order valence-corrected chi connectivity index (χ3v) is 4.70. The van der Waals surface area contributed by atoms with Crippen LogP contribution in [0.15, 0.2) is 59.6 Å². The molecule has 0 fully saturated rings. The van der Waals surface area contributed by atoms with E-state index in [1.165, 1.54) is 12.1 Å². The van der Waals surface area contributed by atoms with Gasteiger partial charge in [0.2, 0.25) is 11.7 Å². The van der Waals surface area contributed by atoms with E-state index >= 15 is 0 Å². The predicted molar refractivity (Wildman–Crippen MR) is 107 cm³/mol. The summed E-state index contributed by atoms with van der Waals surface area (Å²) in [4.78, 5) is 8.43. The van der Waals surface area contributed by atoms with E-state index in [4.69, 9.17) is 9.26 Å². The number of benzene rings is 1. The van der Waals surface area contributed by atoms with E-state index in [-0.39, 0.29) is 6.61 Å². The van der Waals surface area contributed by atoms with Crippen molar-refractivity contribution in [1.82, 2.24) is 45.1 Å². The van der Waals surface area contributed by atoms with Crippen LogP contribution in [0.3, 0.4) is 0 Å². The van der Waals surface area contributed by atoms with Gasteiger partial charge in [-0.2, -0.15) is 10.1 Å². The molecule has 32 heavy (non-hydrogen) atoms. The predicted octanol–water partition coefficient (Wildman–Crippen LogP) is 2.29. The molecule has 4 heterocycles. The maximum absolute atomic E-state index is 13.0. The van der Waals surface area contributed by atoms with Crippen molar-refractivity contribution >= 4 is 0 Å². The van der Waals surface area contributed by atoms with E-state index < -0.39 is 5.82 Å². The van der Waals surface area contributed by atoms with Gasteiger partial charge in [0, 0.05) is 18.7 Å². The summed E-state index contributed by atoms with van der Waals surface area (Å²) in [5.41, 5.74) is 3.13. The summed E-state index contributed by atoms with van der Waals surface area (Å²) in [6, 6.07) is 10.5. The number of aromatic nitrogens is 9. The fourth-order valence-electron chi connectivity index (χ4n) is 3.10. The first-order valence-corrected chi connectivity index (χ1v) is 9.55. The van der Waals surface area contributed by atoms with Gasteiger partial charge in [0.1, 0.15) is 18.8 Å². The van der Waals surface area contributed by atoms with E-state index in [0.29, 0.717) is 35.4 Å². The molecule has 0 saturated heterocycles. The number of rotatable bonds is 7. The van der Waals surface area contributed by atoms with Gasteiger partial charge in [-0.15, -0.1) is 5.10 Å². The summed E-state index contributed by atoms with van der Waals surface area (Å²) in [5.74, 6) is 0.613. The van der Waals surface area contributed by atoms with Gasteiger partial charge in [0.15, 0.2) is 0 Å². The summed E-state index contributed by atoms with van der Waals surface area (Å²) < 4.78 is 27.5. The zero-order valence-corrected chi connectivity index (χ0v) is 16.8. The highest BCUT2D eigenvalue weighted by atomic mass is 19.1.